The van der Waals surface area contributed by atoms with E-state index in [-0.39, 0.29) is 5.41 Å². The van der Waals surface area contributed by atoms with Crippen molar-refractivity contribution in [3.8, 4) is 11.1 Å². The summed E-state index contributed by atoms with van der Waals surface area (Å²) in [6, 6.07) is 13.6. The number of allylic oxidation sites excluding steroid dienone is 1. The second-order valence-electron chi connectivity index (χ2n) is 9.53. The van der Waals surface area contributed by atoms with E-state index in [0.717, 1.165) is 6.42 Å². The topological polar surface area (TPSA) is 0 Å². The van der Waals surface area contributed by atoms with Crippen LogP contribution in [0.1, 0.15) is 92.6 Å². The van der Waals surface area contributed by atoms with Crippen molar-refractivity contribution in [1.29, 1.82) is 0 Å². The van der Waals surface area contributed by atoms with Crippen molar-refractivity contribution in [2.45, 2.75) is 75.8 Å². The van der Waals surface area contributed by atoms with Gasteiger partial charge in [-0.2, -0.15) is 0 Å². The van der Waals surface area contributed by atoms with Crippen LogP contribution in [-0.2, 0) is 24.8 Å². The summed E-state index contributed by atoms with van der Waals surface area (Å²) in [5.41, 5.74) is 9.86. The number of rotatable bonds is 6. The summed E-state index contributed by atoms with van der Waals surface area (Å²) in [5, 5.41) is 0. The summed E-state index contributed by atoms with van der Waals surface area (Å²) < 4.78 is 0.293. The third-order valence-electron chi connectivity index (χ3n) is 5.99. The summed E-state index contributed by atoms with van der Waals surface area (Å²) >= 11 is -2.50. The van der Waals surface area contributed by atoms with Gasteiger partial charge in [0.05, 0.1) is 0 Å². The molecule has 3 rings (SSSR count). The minimum atomic E-state index is -2.50. The second-order valence-corrected chi connectivity index (χ2v) is 18.3. The molecule has 1 aliphatic rings. The molecule has 0 N–H and O–H groups in total. The van der Waals surface area contributed by atoms with Crippen molar-refractivity contribution in [3.63, 3.8) is 0 Å². The van der Waals surface area contributed by atoms with Crippen molar-refractivity contribution in [3.05, 3.63) is 64.2 Å². The number of unbranched alkanes of at least 4 members (excludes halogenated alkanes) is 1. The second kappa shape index (κ2) is 9.42. The summed E-state index contributed by atoms with van der Waals surface area (Å²) in [4.78, 5) is 0. The average Bonchev–Trinajstić information content (AvgIpc) is 3.03. The van der Waals surface area contributed by atoms with Crippen molar-refractivity contribution < 1.29 is 19.4 Å². The predicted octanol–water partition coefficient (Wildman–Crippen LogP) is 9.33. The molecule has 0 aromatic heterocycles. The Hall–Kier alpha value is -0.357. The molecule has 0 saturated heterocycles. The molecule has 0 aliphatic heterocycles. The molecule has 0 nitrogen and oxygen atoms in total. The zero-order chi connectivity index (χ0) is 21.3. The molecule has 3 heteroatoms. The van der Waals surface area contributed by atoms with E-state index in [0.29, 0.717) is 9.54 Å². The normalized spacial score (nSPS) is 16.2. The summed E-state index contributed by atoms with van der Waals surface area (Å²) in [5.74, 6) is 0.475. The van der Waals surface area contributed by atoms with Gasteiger partial charge in [0.2, 0.25) is 0 Å². The summed E-state index contributed by atoms with van der Waals surface area (Å²) in [6.07, 6.45) is 5.95. The Morgan fingerprint density at radius 3 is 2.31 bits per heavy atom. The van der Waals surface area contributed by atoms with E-state index in [1.54, 1.807) is 0 Å². The van der Waals surface area contributed by atoms with Crippen LogP contribution in [0.4, 0.5) is 0 Å². The number of halogens is 2. The van der Waals surface area contributed by atoms with E-state index in [1.807, 2.05) is 0 Å². The fourth-order valence-electron chi connectivity index (χ4n) is 4.51. The van der Waals surface area contributed by atoms with Gasteiger partial charge < -0.3 is 0 Å². The first-order valence-corrected chi connectivity index (χ1v) is 18.6. The molecular formula is C26H33Cl2Zr. The number of hydrogen-bond acceptors (Lipinski definition) is 0. The van der Waals surface area contributed by atoms with Gasteiger partial charge in [-0.1, -0.05) is 0 Å². The Kier molecular flexibility index (Phi) is 7.57. The summed E-state index contributed by atoms with van der Waals surface area (Å²) in [6.45, 7) is 13.8. The molecule has 29 heavy (non-hydrogen) atoms. The standard InChI is InChI=1S/C26H33.2ClH.Zr/c1-7-8-11-19-16-20-14-15-24(26(4,5)6)25(23(20)17-19)22-13-10-9-12-21(22)18(2)3;;;/h9-10,12-18H,7-8,11H2,1-6H3;2*1H;/q;;;+2/p-2. The van der Waals surface area contributed by atoms with E-state index in [1.165, 1.54) is 51.8 Å². The SMILES string of the molecule is CCCCC1=Cc2c(ccc(C(C)(C)C)c2-c2ccccc2C(C)C)[CH]1[Zr]([Cl])[Cl]. The minimum absolute atomic E-state index is 0.0630. The first-order chi connectivity index (χ1) is 13.7. The molecule has 0 amide bonds. The van der Waals surface area contributed by atoms with Crippen LogP contribution in [-0.4, -0.2) is 0 Å². The van der Waals surface area contributed by atoms with Crippen molar-refractivity contribution in [2.75, 3.05) is 0 Å². The van der Waals surface area contributed by atoms with E-state index in [4.69, 9.17) is 17.0 Å². The maximum atomic E-state index is 6.72. The van der Waals surface area contributed by atoms with Gasteiger partial charge in [0.15, 0.2) is 0 Å². The molecule has 1 unspecified atom stereocenters. The monoisotopic (exact) mass is 505 g/mol. The molecule has 155 valence electrons. The zero-order valence-corrected chi connectivity index (χ0v) is 22.5. The van der Waals surface area contributed by atoms with E-state index in [2.05, 4.69) is 84.0 Å². The quantitative estimate of drug-likeness (QED) is 0.365. The Bertz CT molecular complexity index is 903. The first-order valence-electron chi connectivity index (χ1n) is 10.8. The Morgan fingerprint density at radius 2 is 1.72 bits per heavy atom. The molecule has 0 radical (unpaired) electrons. The van der Waals surface area contributed by atoms with Gasteiger partial charge in [-0.05, 0) is 0 Å². The number of hydrogen-bond donors (Lipinski definition) is 0. The molecule has 0 bridgehead atoms. The molecule has 1 atom stereocenters. The third-order valence-corrected chi connectivity index (χ3v) is 11.3. The zero-order valence-electron chi connectivity index (χ0n) is 18.6. The number of fused-ring (bicyclic) bond motifs is 1. The van der Waals surface area contributed by atoms with Crippen LogP contribution >= 0.6 is 17.0 Å². The Balaban J connectivity index is 2.33. The molecule has 0 spiro atoms. The van der Waals surface area contributed by atoms with Crippen LogP contribution in [0.3, 0.4) is 0 Å². The molecule has 0 fully saturated rings. The van der Waals surface area contributed by atoms with Crippen molar-refractivity contribution in [1.82, 2.24) is 0 Å². The van der Waals surface area contributed by atoms with Gasteiger partial charge >= 0.3 is 194 Å². The van der Waals surface area contributed by atoms with E-state index in [9.17, 15) is 0 Å². The van der Waals surface area contributed by atoms with Crippen LogP contribution in [0.5, 0.6) is 0 Å². The molecule has 0 saturated carbocycles. The Morgan fingerprint density at radius 1 is 1.03 bits per heavy atom. The van der Waals surface area contributed by atoms with Crippen LogP contribution < -0.4 is 0 Å². The van der Waals surface area contributed by atoms with Crippen LogP contribution in [0.2, 0.25) is 0 Å². The van der Waals surface area contributed by atoms with Gasteiger partial charge in [-0.15, -0.1) is 0 Å². The van der Waals surface area contributed by atoms with Gasteiger partial charge in [-0.3, -0.25) is 0 Å². The molecule has 2 aromatic carbocycles. The molecule has 0 heterocycles. The fraction of sp³-hybridized carbons (Fsp3) is 0.462. The third kappa shape index (κ3) is 4.78. The van der Waals surface area contributed by atoms with E-state index >= 15 is 0 Å². The van der Waals surface area contributed by atoms with Gasteiger partial charge in [0, 0.05) is 0 Å². The van der Waals surface area contributed by atoms with Crippen LogP contribution in [0.25, 0.3) is 17.2 Å². The molecular weight excluding hydrogens is 474 g/mol. The van der Waals surface area contributed by atoms with Crippen molar-refractivity contribution >= 4 is 23.1 Å². The van der Waals surface area contributed by atoms with Crippen LogP contribution in [0.15, 0.2) is 42.0 Å². The van der Waals surface area contributed by atoms with Crippen molar-refractivity contribution in [2.24, 2.45) is 0 Å². The van der Waals surface area contributed by atoms with Gasteiger partial charge in [-0.25, -0.2) is 0 Å². The first kappa shape index (κ1) is 23.3. The number of benzene rings is 2. The molecule has 1 aliphatic carbocycles. The summed E-state index contributed by atoms with van der Waals surface area (Å²) in [7, 11) is 13.4. The molecule has 2 aromatic rings. The Labute approximate surface area is 192 Å². The van der Waals surface area contributed by atoms with Gasteiger partial charge in [0.25, 0.3) is 0 Å². The maximum absolute atomic E-state index is 6.72. The average molecular weight is 508 g/mol. The van der Waals surface area contributed by atoms with E-state index < -0.39 is 19.4 Å². The fourth-order valence-corrected chi connectivity index (χ4v) is 10.0. The van der Waals surface area contributed by atoms with Crippen LogP contribution in [0, 0.1) is 0 Å². The van der Waals surface area contributed by atoms with Gasteiger partial charge in [0.1, 0.15) is 0 Å². The predicted molar refractivity (Wildman–Crippen MR) is 127 cm³/mol.